The Hall–Kier alpha value is -0.570. The van der Waals surface area contributed by atoms with Crippen molar-refractivity contribution in [1.29, 1.82) is 0 Å². The summed E-state index contributed by atoms with van der Waals surface area (Å²) in [5, 5.41) is 3.05. The highest BCUT2D eigenvalue weighted by Crippen LogP contribution is 2.13. The SMILES string of the molecule is CNC1CCN(CCCC(C)C)C1=O. The average molecular weight is 198 g/mol. The Balaban J connectivity index is 2.23. The first-order chi connectivity index (χ1) is 6.65. The van der Waals surface area contributed by atoms with Crippen molar-refractivity contribution in [2.24, 2.45) is 5.92 Å². The molecule has 1 saturated heterocycles. The van der Waals surface area contributed by atoms with Crippen LogP contribution in [0, 0.1) is 5.92 Å². The minimum Gasteiger partial charge on any atom is -0.341 e. The Labute approximate surface area is 86.9 Å². The molecule has 3 nitrogen and oxygen atoms in total. The quantitative estimate of drug-likeness (QED) is 0.721. The highest BCUT2D eigenvalue weighted by atomic mass is 16.2. The van der Waals surface area contributed by atoms with Gasteiger partial charge in [0.25, 0.3) is 0 Å². The van der Waals surface area contributed by atoms with E-state index in [1.165, 1.54) is 6.42 Å². The molecule has 1 heterocycles. The van der Waals surface area contributed by atoms with Crippen LogP contribution in [-0.4, -0.2) is 37.0 Å². The highest BCUT2D eigenvalue weighted by molar-refractivity contribution is 5.83. The van der Waals surface area contributed by atoms with Gasteiger partial charge in [0.15, 0.2) is 0 Å². The monoisotopic (exact) mass is 198 g/mol. The van der Waals surface area contributed by atoms with Gasteiger partial charge in [-0.1, -0.05) is 13.8 Å². The first-order valence-electron chi connectivity index (χ1n) is 5.61. The van der Waals surface area contributed by atoms with Gasteiger partial charge in [0.05, 0.1) is 6.04 Å². The Morgan fingerprint density at radius 3 is 2.79 bits per heavy atom. The molecule has 1 N–H and O–H groups in total. The molecule has 1 fully saturated rings. The number of likely N-dealkylation sites (N-methyl/N-ethyl adjacent to an activating group) is 1. The molecular weight excluding hydrogens is 176 g/mol. The van der Waals surface area contributed by atoms with Gasteiger partial charge in [0.1, 0.15) is 0 Å². The minimum atomic E-state index is 0.0778. The van der Waals surface area contributed by atoms with E-state index in [-0.39, 0.29) is 11.9 Å². The summed E-state index contributed by atoms with van der Waals surface area (Å²) < 4.78 is 0. The molecule has 1 aliphatic heterocycles. The van der Waals surface area contributed by atoms with Crippen molar-refractivity contribution in [3.05, 3.63) is 0 Å². The summed E-state index contributed by atoms with van der Waals surface area (Å²) in [7, 11) is 1.86. The Kier molecular flexibility index (Phi) is 4.39. The summed E-state index contributed by atoms with van der Waals surface area (Å²) in [6, 6.07) is 0.0778. The summed E-state index contributed by atoms with van der Waals surface area (Å²) in [4.78, 5) is 13.7. The zero-order valence-corrected chi connectivity index (χ0v) is 9.55. The molecule has 3 heteroatoms. The predicted molar refractivity (Wildman–Crippen MR) is 58.1 cm³/mol. The third-order valence-electron chi connectivity index (χ3n) is 2.86. The second-order valence-electron chi connectivity index (χ2n) is 4.49. The van der Waals surface area contributed by atoms with Crippen molar-refractivity contribution in [2.75, 3.05) is 20.1 Å². The molecule has 0 aromatic rings. The van der Waals surface area contributed by atoms with Crippen molar-refractivity contribution in [1.82, 2.24) is 10.2 Å². The molecule has 0 saturated carbocycles. The molecule has 1 aliphatic rings. The molecule has 0 radical (unpaired) electrons. The van der Waals surface area contributed by atoms with Crippen LogP contribution >= 0.6 is 0 Å². The second kappa shape index (κ2) is 5.35. The lowest BCUT2D eigenvalue weighted by Gasteiger charge is -2.16. The van der Waals surface area contributed by atoms with Crippen LogP contribution < -0.4 is 5.32 Å². The van der Waals surface area contributed by atoms with E-state index in [4.69, 9.17) is 0 Å². The fourth-order valence-corrected chi connectivity index (χ4v) is 1.92. The number of carbonyl (C=O) groups excluding carboxylic acids is 1. The van der Waals surface area contributed by atoms with E-state index >= 15 is 0 Å². The maximum Gasteiger partial charge on any atom is 0.239 e. The van der Waals surface area contributed by atoms with E-state index in [0.29, 0.717) is 0 Å². The standard InChI is InChI=1S/C11H22N2O/c1-9(2)5-4-7-13-8-6-10(12-3)11(13)14/h9-10,12H,4-8H2,1-3H3. The number of nitrogens with zero attached hydrogens (tertiary/aromatic N) is 1. The van der Waals surface area contributed by atoms with Gasteiger partial charge in [-0.2, -0.15) is 0 Å². The molecule has 0 spiro atoms. The molecule has 0 aromatic heterocycles. The van der Waals surface area contributed by atoms with Gasteiger partial charge in [-0.3, -0.25) is 4.79 Å². The van der Waals surface area contributed by atoms with E-state index < -0.39 is 0 Å². The number of rotatable bonds is 5. The molecule has 1 rings (SSSR count). The van der Waals surface area contributed by atoms with Crippen LogP contribution in [-0.2, 0) is 4.79 Å². The minimum absolute atomic E-state index is 0.0778. The van der Waals surface area contributed by atoms with Crippen LogP contribution in [0.1, 0.15) is 33.1 Å². The number of hydrogen-bond donors (Lipinski definition) is 1. The van der Waals surface area contributed by atoms with Crippen LogP contribution in [0.2, 0.25) is 0 Å². The van der Waals surface area contributed by atoms with Gasteiger partial charge in [-0.25, -0.2) is 0 Å². The maximum absolute atomic E-state index is 11.7. The van der Waals surface area contributed by atoms with E-state index in [0.717, 1.165) is 31.8 Å². The van der Waals surface area contributed by atoms with Crippen LogP contribution in [0.5, 0.6) is 0 Å². The summed E-state index contributed by atoms with van der Waals surface area (Å²) in [6.07, 6.45) is 3.32. The zero-order chi connectivity index (χ0) is 10.6. The van der Waals surface area contributed by atoms with Crippen molar-refractivity contribution in [2.45, 2.75) is 39.2 Å². The number of likely N-dealkylation sites (tertiary alicyclic amines) is 1. The lowest BCUT2D eigenvalue weighted by Crippen LogP contribution is -2.36. The molecule has 0 aliphatic carbocycles. The maximum atomic E-state index is 11.7. The fourth-order valence-electron chi connectivity index (χ4n) is 1.92. The van der Waals surface area contributed by atoms with Gasteiger partial charge in [0.2, 0.25) is 5.91 Å². The smallest absolute Gasteiger partial charge is 0.239 e. The predicted octanol–water partition coefficient (Wildman–Crippen LogP) is 1.24. The van der Waals surface area contributed by atoms with Gasteiger partial charge < -0.3 is 10.2 Å². The van der Waals surface area contributed by atoms with E-state index in [9.17, 15) is 4.79 Å². The van der Waals surface area contributed by atoms with Crippen molar-refractivity contribution in [3.63, 3.8) is 0 Å². The van der Waals surface area contributed by atoms with Crippen LogP contribution in [0.15, 0.2) is 0 Å². The summed E-state index contributed by atoms with van der Waals surface area (Å²) in [6.45, 7) is 6.32. The largest absolute Gasteiger partial charge is 0.341 e. The summed E-state index contributed by atoms with van der Waals surface area (Å²) in [5.74, 6) is 1.03. The van der Waals surface area contributed by atoms with Crippen LogP contribution in [0.25, 0.3) is 0 Å². The van der Waals surface area contributed by atoms with Crippen LogP contribution in [0.3, 0.4) is 0 Å². The third-order valence-corrected chi connectivity index (χ3v) is 2.86. The van der Waals surface area contributed by atoms with E-state index in [2.05, 4.69) is 19.2 Å². The first-order valence-corrected chi connectivity index (χ1v) is 5.61. The van der Waals surface area contributed by atoms with Crippen LogP contribution in [0.4, 0.5) is 0 Å². The molecule has 1 atom stereocenters. The molecule has 1 amide bonds. The number of nitrogens with one attached hydrogen (secondary N) is 1. The number of carbonyl (C=O) groups is 1. The molecule has 82 valence electrons. The second-order valence-corrected chi connectivity index (χ2v) is 4.49. The first kappa shape index (κ1) is 11.5. The normalized spacial score (nSPS) is 22.4. The van der Waals surface area contributed by atoms with E-state index in [1.54, 1.807) is 0 Å². The zero-order valence-electron chi connectivity index (χ0n) is 9.55. The van der Waals surface area contributed by atoms with Gasteiger partial charge in [-0.05, 0) is 32.2 Å². The fraction of sp³-hybridized carbons (Fsp3) is 0.909. The highest BCUT2D eigenvalue weighted by Gasteiger charge is 2.29. The van der Waals surface area contributed by atoms with E-state index in [1.807, 2.05) is 11.9 Å². The molecular formula is C11H22N2O. The van der Waals surface area contributed by atoms with Gasteiger partial charge in [0, 0.05) is 13.1 Å². The Morgan fingerprint density at radius 1 is 1.57 bits per heavy atom. The molecule has 0 bridgehead atoms. The summed E-state index contributed by atoms with van der Waals surface area (Å²) in [5.41, 5.74) is 0. The molecule has 14 heavy (non-hydrogen) atoms. The van der Waals surface area contributed by atoms with Crippen molar-refractivity contribution >= 4 is 5.91 Å². The topological polar surface area (TPSA) is 32.3 Å². The Morgan fingerprint density at radius 2 is 2.29 bits per heavy atom. The number of amides is 1. The summed E-state index contributed by atoms with van der Waals surface area (Å²) >= 11 is 0. The van der Waals surface area contributed by atoms with Gasteiger partial charge >= 0.3 is 0 Å². The van der Waals surface area contributed by atoms with Crippen molar-refractivity contribution < 1.29 is 4.79 Å². The van der Waals surface area contributed by atoms with Crippen molar-refractivity contribution in [3.8, 4) is 0 Å². The lowest BCUT2D eigenvalue weighted by molar-refractivity contribution is -0.129. The Bertz CT molecular complexity index is 192. The number of hydrogen-bond acceptors (Lipinski definition) is 2. The molecule has 1 unspecified atom stereocenters. The lowest BCUT2D eigenvalue weighted by atomic mass is 10.1. The third kappa shape index (κ3) is 2.98. The average Bonchev–Trinajstić information content (AvgIpc) is 2.47. The molecule has 0 aromatic carbocycles. The van der Waals surface area contributed by atoms with Gasteiger partial charge in [-0.15, -0.1) is 0 Å².